The van der Waals surface area contributed by atoms with Gasteiger partial charge in [0.05, 0.1) is 12.7 Å². The Kier molecular flexibility index (Phi) is 3.94. The van der Waals surface area contributed by atoms with E-state index < -0.39 is 5.97 Å². The third kappa shape index (κ3) is 2.91. The van der Waals surface area contributed by atoms with Gasteiger partial charge in [-0.3, -0.25) is 0 Å². The third-order valence-electron chi connectivity index (χ3n) is 3.02. The maximum Gasteiger partial charge on any atom is 0.335 e. The van der Waals surface area contributed by atoms with Crippen LogP contribution < -0.4 is 9.47 Å². The van der Waals surface area contributed by atoms with Gasteiger partial charge in [0.15, 0.2) is 0 Å². The number of carboxylic acids is 1. The molecule has 0 aliphatic heterocycles. The normalized spacial score (nSPS) is 10.2. The summed E-state index contributed by atoms with van der Waals surface area (Å²) in [6, 6.07) is 10.1. The van der Waals surface area contributed by atoms with Crippen molar-refractivity contribution in [1.29, 1.82) is 0 Å². The van der Waals surface area contributed by atoms with E-state index in [9.17, 15) is 4.79 Å². The smallest absolute Gasteiger partial charge is 0.335 e. The van der Waals surface area contributed by atoms with Crippen molar-refractivity contribution in [3.63, 3.8) is 0 Å². The predicted octanol–water partition coefficient (Wildman–Crippen LogP) is 3.80. The number of aryl methyl sites for hydroxylation is 2. The van der Waals surface area contributed by atoms with Gasteiger partial charge in [0.1, 0.15) is 17.2 Å². The maximum atomic E-state index is 10.8. The first-order valence-electron chi connectivity index (χ1n) is 6.17. The Labute approximate surface area is 117 Å². The summed E-state index contributed by atoms with van der Waals surface area (Å²) in [5, 5.41) is 8.85. The molecule has 4 nitrogen and oxygen atoms in total. The van der Waals surface area contributed by atoms with Gasteiger partial charge in [0.25, 0.3) is 0 Å². The molecular formula is C16H16O4. The highest BCUT2D eigenvalue weighted by atomic mass is 16.5. The van der Waals surface area contributed by atoms with Crippen LogP contribution in [-0.2, 0) is 0 Å². The fourth-order valence-corrected chi connectivity index (χ4v) is 1.89. The average molecular weight is 272 g/mol. The standard InChI is InChI=1S/C16H16O4/c1-10-9-15(11(2)8-14(10)19-3)20-13-6-4-12(5-7-13)16(17)18/h4-9H,1-3H3,(H,17,18). The minimum Gasteiger partial charge on any atom is -0.496 e. The third-order valence-corrected chi connectivity index (χ3v) is 3.02. The number of ether oxygens (including phenoxy) is 2. The second kappa shape index (κ2) is 5.65. The van der Waals surface area contributed by atoms with Crippen molar-refractivity contribution in [1.82, 2.24) is 0 Å². The number of rotatable bonds is 4. The molecule has 0 aliphatic carbocycles. The molecule has 0 fully saturated rings. The van der Waals surface area contributed by atoms with Crippen molar-refractivity contribution < 1.29 is 19.4 Å². The lowest BCUT2D eigenvalue weighted by atomic mass is 10.1. The number of carbonyl (C=O) groups is 1. The molecule has 0 unspecified atom stereocenters. The first kappa shape index (κ1) is 13.9. The number of methoxy groups -OCH3 is 1. The Hall–Kier alpha value is -2.49. The van der Waals surface area contributed by atoms with Gasteiger partial charge in [0, 0.05) is 0 Å². The number of benzene rings is 2. The predicted molar refractivity (Wildman–Crippen MR) is 75.9 cm³/mol. The Morgan fingerprint density at radius 1 is 1.00 bits per heavy atom. The number of hydrogen-bond acceptors (Lipinski definition) is 3. The molecule has 0 radical (unpaired) electrons. The molecule has 20 heavy (non-hydrogen) atoms. The lowest BCUT2D eigenvalue weighted by molar-refractivity contribution is 0.0697. The highest BCUT2D eigenvalue weighted by Crippen LogP contribution is 2.31. The molecule has 0 saturated heterocycles. The van der Waals surface area contributed by atoms with Crippen LogP contribution in [0.5, 0.6) is 17.2 Å². The molecule has 0 atom stereocenters. The molecule has 0 heterocycles. The zero-order valence-corrected chi connectivity index (χ0v) is 11.6. The molecule has 0 aliphatic rings. The van der Waals surface area contributed by atoms with E-state index in [0.717, 1.165) is 22.6 Å². The van der Waals surface area contributed by atoms with Gasteiger partial charge in [-0.1, -0.05) is 0 Å². The molecule has 4 heteroatoms. The van der Waals surface area contributed by atoms with E-state index in [4.69, 9.17) is 14.6 Å². The molecule has 0 aromatic heterocycles. The Balaban J connectivity index is 2.25. The van der Waals surface area contributed by atoms with Crippen LogP contribution in [0.1, 0.15) is 21.5 Å². The summed E-state index contributed by atoms with van der Waals surface area (Å²) in [7, 11) is 1.63. The maximum absolute atomic E-state index is 10.8. The van der Waals surface area contributed by atoms with Gasteiger partial charge in [-0.05, 0) is 61.4 Å². The van der Waals surface area contributed by atoms with Crippen LogP contribution in [0.25, 0.3) is 0 Å². The minimum atomic E-state index is -0.951. The average Bonchev–Trinajstić information content (AvgIpc) is 2.43. The van der Waals surface area contributed by atoms with Gasteiger partial charge in [-0.2, -0.15) is 0 Å². The van der Waals surface area contributed by atoms with Crippen LogP contribution >= 0.6 is 0 Å². The number of hydrogen-bond donors (Lipinski definition) is 1. The van der Waals surface area contributed by atoms with Gasteiger partial charge in [-0.15, -0.1) is 0 Å². The van der Waals surface area contributed by atoms with Crippen LogP contribution in [0.15, 0.2) is 36.4 Å². The Morgan fingerprint density at radius 2 is 1.55 bits per heavy atom. The fraction of sp³-hybridized carbons (Fsp3) is 0.188. The SMILES string of the molecule is COc1cc(C)c(Oc2ccc(C(=O)O)cc2)cc1C. The van der Waals surface area contributed by atoms with E-state index in [2.05, 4.69) is 0 Å². The fourth-order valence-electron chi connectivity index (χ4n) is 1.89. The van der Waals surface area contributed by atoms with Crippen LogP contribution in [0.4, 0.5) is 0 Å². The summed E-state index contributed by atoms with van der Waals surface area (Å²) < 4.78 is 11.0. The summed E-state index contributed by atoms with van der Waals surface area (Å²) in [6.45, 7) is 3.88. The van der Waals surface area contributed by atoms with Crippen molar-refractivity contribution in [3.8, 4) is 17.2 Å². The number of carboxylic acid groups (broad SMARTS) is 1. The monoisotopic (exact) mass is 272 g/mol. The van der Waals surface area contributed by atoms with E-state index in [1.807, 2.05) is 26.0 Å². The first-order chi connectivity index (χ1) is 9.51. The summed E-state index contributed by atoms with van der Waals surface area (Å²) in [5.74, 6) is 1.19. The summed E-state index contributed by atoms with van der Waals surface area (Å²) in [6.07, 6.45) is 0. The van der Waals surface area contributed by atoms with Crippen molar-refractivity contribution in [2.45, 2.75) is 13.8 Å². The molecule has 2 aromatic carbocycles. The van der Waals surface area contributed by atoms with E-state index in [1.54, 1.807) is 19.2 Å². The molecule has 0 saturated carbocycles. The van der Waals surface area contributed by atoms with Crippen molar-refractivity contribution in [3.05, 3.63) is 53.1 Å². The molecular weight excluding hydrogens is 256 g/mol. The molecule has 0 spiro atoms. The molecule has 2 rings (SSSR count). The zero-order valence-electron chi connectivity index (χ0n) is 11.6. The highest BCUT2D eigenvalue weighted by Gasteiger charge is 2.08. The molecule has 0 bridgehead atoms. The van der Waals surface area contributed by atoms with Gasteiger partial charge < -0.3 is 14.6 Å². The van der Waals surface area contributed by atoms with E-state index in [1.165, 1.54) is 12.1 Å². The molecule has 1 N–H and O–H groups in total. The summed E-state index contributed by atoms with van der Waals surface area (Å²) in [4.78, 5) is 10.8. The molecule has 104 valence electrons. The molecule has 2 aromatic rings. The first-order valence-corrected chi connectivity index (χ1v) is 6.17. The lowest BCUT2D eigenvalue weighted by Crippen LogP contribution is -1.96. The van der Waals surface area contributed by atoms with Crippen LogP contribution in [0.3, 0.4) is 0 Å². The van der Waals surface area contributed by atoms with Crippen molar-refractivity contribution >= 4 is 5.97 Å². The highest BCUT2D eigenvalue weighted by molar-refractivity contribution is 5.87. The van der Waals surface area contributed by atoms with Crippen LogP contribution in [-0.4, -0.2) is 18.2 Å². The van der Waals surface area contributed by atoms with Gasteiger partial charge in [0.2, 0.25) is 0 Å². The minimum absolute atomic E-state index is 0.236. The Bertz CT molecular complexity index is 630. The van der Waals surface area contributed by atoms with Gasteiger partial charge >= 0.3 is 5.97 Å². The molecule has 0 amide bonds. The van der Waals surface area contributed by atoms with Crippen molar-refractivity contribution in [2.24, 2.45) is 0 Å². The largest absolute Gasteiger partial charge is 0.496 e. The van der Waals surface area contributed by atoms with E-state index >= 15 is 0 Å². The second-order valence-electron chi connectivity index (χ2n) is 4.52. The number of aromatic carboxylic acids is 1. The summed E-state index contributed by atoms with van der Waals surface area (Å²) in [5.41, 5.74) is 2.17. The quantitative estimate of drug-likeness (QED) is 0.919. The van der Waals surface area contributed by atoms with E-state index in [-0.39, 0.29) is 5.56 Å². The van der Waals surface area contributed by atoms with Gasteiger partial charge in [-0.25, -0.2) is 4.79 Å². The van der Waals surface area contributed by atoms with Crippen LogP contribution in [0.2, 0.25) is 0 Å². The second-order valence-corrected chi connectivity index (χ2v) is 4.52. The van der Waals surface area contributed by atoms with E-state index in [0.29, 0.717) is 5.75 Å². The van der Waals surface area contributed by atoms with Crippen molar-refractivity contribution in [2.75, 3.05) is 7.11 Å². The Morgan fingerprint density at radius 3 is 2.10 bits per heavy atom. The van der Waals surface area contributed by atoms with Crippen LogP contribution in [0, 0.1) is 13.8 Å². The summed E-state index contributed by atoms with van der Waals surface area (Å²) >= 11 is 0. The topological polar surface area (TPSA) is 55.8 Å². The lowest BCUT2D eigenvalue weighted by Gasteiger charge is -2.12. The zero-order chi connectivity index (χ0) is 14.7.